The standard InChI is InChI=1S/C11H10N4O3/c16-11-12-9-7-8(15(17)18)3-4-10(9)13-5-1-2-6-14(11)13/h1-4,7H,5-6H2,(H,12,16). The third kappa shape index (κ3) is 1.48. The number of hydrazine groups is 1. The molecule has 2 amide bonds. The number of nitrogens with one attached hydrogen (secondary N) is 1. The van der Waals surface area contributed by atoms with Crippen LogP contribution in [0.4, 0.5) is 21.9 Å². The highest BCUT2D eigenvalue weighted by Gasteiger charge is 2.30. The van der Waals surface area contributed by atoms with Gasteiger partial charge in [0.25, 0.3) is 5.69 Å². The maximum Gasteiger partial charge on any atom is 0.341 e. The predicted octanol–water partition coefficient (Wildman–Crippen LogP) is 1.73. The van der Waals surface area contributed by atoms with E-state index in [1.807, 2.05) is 12.2 Å². The van der Waals surface area contributed by atoms with Crippen LogP contribution in [0, 0.1) is 10.1 Å². The van der Waals surface area contributed by atoms with E-state index in [4.69, 9.17) is 0 Å². The molecule has 1 aromatic carbocycles. The lowest BCUT2D eigenvalue weighted by Gasteiger charge is -2.41. The molecule has 1 aromatic rings. The zero-order chi connectivity index (χ0) is 12.7. The first kappa shape index (κ1) is 10.6. The normalized spacial score (nSPS) is 17.0. The molecule has 3 rings (SSSR count). The van der Waals surface area contributed by atoms with Gasteiger partial charge in [-0.2, -0.15) is 0 Å². The van der Waals surface area contributed by atoms with E-state index in [-0.39, 0.29) is 11.7 Å². The predicted molar refractivity (Wildman–Crippen MR) is 65.3 cm³/mol. The number of amides is 2. The van der Waals surface area contributed by atoms with Crippen molar-refractivity contribution in [1.29, 1.82) is 0 Å². The molecule has 0 atom stereocenters. The number of nitro groups is 1. The lowest BCUT2D eigenvalue weighted by atomic mass is 10.2. The van der Waals surface area contributed by atoms with Crippen molar-refractivity contribution in [3.05, 3.63) is 40.5 Å². The molecule has 0 unspecified atom stereocenters. The van der Waals surface area contributed by atoms with E-state index in [1.54, 1.807) is 16.1 Å². The fourth-order valence-corrected chi connectivity index (χ4v) is 2.11. The Labute approximate surface area is 102 Å². The third-order valence-corrected chi connectivity index (χ3v) is 2.96. The van der Waals surface area contributed by atoms with Crippen LogP contribution in [0.2, 0.25) is 0 Å². The number of carbonyl (C=O) groups is 1. The first-order valence-corrected chi connectivity index (χ1v) is 5.46. The number of fused-ring (bicyclic) bond motifs is 3. The molecular weight excluding hydrogens is 236 g/mol. The van der Waals surface area contributed by atoms with E-state index >= 15 is 0 Å². The van der Waals surface area contributed by atoms with E-state index in [0.717, 1.165) is 5.69 Å². The van der Waals surface area contributed by atoms with E-state index < -0.39 is 4.92 Å². The quantitative estimate of drug-likeness (QED) is 0.465. The van der Waals surface area contributed by atoms with Crippen LogP contribution in [0.3, 0.4) is 0 Å². The Bertz CT molecular complexity index is 569. The second-order valence-corrected chi connectivity index (χ2v) is 4.02. The lowest BCUT2D eigenvalue weighted by molar-refractivity contribution is -0.384. The lowest BCUT2D eigenvalue weighted by Crippen LogP contribution is -2.53. The molecule has 7 nitrogen and oxygen atoms in total. The summed E-state index contributed by atoms with van der Waals surface area (Å²) >= 11 is 0. The Kier molecular flexibility index (Phi) is 2.19. The second kappa shape index (κ2) is 3.73. The Morgan fingerprint density at radius 1 is 1.22 bits per heavy atom. The smallest absolute Gasteiger partial charge is 0.304 e. The second-order valence-electron chi connectivity index (χ2n) is 4.02. The molecule has 0 saturated heterocycles. The highest BCUT2D eigenvalue weighted by atomic mass is 16.6. The van der Waals surface area contributed by atoms with Crippen molar-refractivity contribution in [1.82, 2.24) is 5.01 Å². The Balaban J connectivity index is 2.07. The van der Waals surface area contributed by atoms with Gasteiger partial charge in [0.1, 0.15) is 0 Å². The van der Waals surface area contributed by atoms with Crippen LogP contribution >= 0.6 is 0 Å². The van der Waals surface area contributed by atoms with Gasteiger partial charge in [0.15, 0.2) is 0 Å². The van der Waals surface area contributed by atoms with Gasteiger partial charge in [0.05, 0.1) is 29.4 Å². The largest absolute Gasteiger partial charge is 0.341 e. The van der Waals surface area contributed by atoms with Crippen molar-refractivity contribution < 1.29 is 9.72 Å². The molecule has 18 heavy (non-hydrogen) atoms. The summed E-state index contributed by atoms with van der Waals surface area (Å²) in [4.78, 5) is 22.1. The van der Waals surface area contributed by atoms with E-state index in [0.29, 0.717) is 18.8 Å². The Hall–Kier alpha value is -2.57. The molecule has 2 aliphatic rings. The van der Waals surface area contributed by atoms with Crippen LogP contribution in [-0.2, 0) is 0 Å². The van der Waals surface area contributed by atoms with Gasteiger partial charge in [-0.1, -0.05) is 12.2 Å². The maximum absolute atomic E-state index is 11.8. The molecule has 0 saturated carbocycles. The first-order chi connectivity index (χ1) is 8.66. The van der Waals surface area contributed by atoms with Gasteiger partial charge < -0.3 is 5.32 Å². The number of non-ortho nitro benzene ring substituents is 1. The molecule has 0 radical (unpaired) electrons. The molecule has 1 N–H and O–H groups in total. The zero-order valence-corrected chi connectivity index (χ0v) is 9.37. The molecule has 7 heteroatoms. The fourth-order valence-electron chi connectivity index (χ4n) is 2.11. The number of urea groups is 1. The Morgan fingerprint density at radius 2 is 1.94 bits per heavy atom. The van der Waals surface area contributed by atoms with Crippen molar-refractivity contribution in [3.63, 3.8) is 0 Å². The minimum atomic E-state index is -0.477. The third-order valence-electron chi connectivity index (χ3n) is 2.96. The van der Waals surface area contributed by atoms with Crippen LogP contribution in [0.5, 0.6) is 0 Å². The van der Waals surface area contributed by atoms with Crippen LogP contribution < -0.4 is 10.3 Å². The molecule has 2 aliphatic heterocycles. The number of nitro benzene ring substituents is 1. The zero-order valence-electron chi connectivity index (χ0n) is 9.37. The van der Waals surface area contributed by atoms with Gasteiger partial charge in [-0.05, 0) is 6.07 Å². The molecule has 0 aromatic heterocycles. The summed E-state index contributed by atoms with van der Waals surface area (Å²) in [7, 11) is 0. The molecule has 0 fully saturated rings. The first-order valence-electron chi connectivity index (χ1n) is 5.46. The SMILES string of the molecule is O=C1Nc2cc([N+](=O)[O-])ccc2N2CC=CCN12. The minimum Gasteiger partial charge on any atom is -0.304 e. The molecule has 0 aliphatic carbocycles. The molecule has 92 valence electrons. The molecule has 0 bridgehead atoms. The van der Waals surface area contributed by atoms with Gasteiger partial charge in [-0.25, -0.2) is 9.80 Å². The highest BCUT2D eigenvalue weighted by Crippen LogP contribution is 2.35. The molecule has 2 heterocycles. The minimum absolute atomic E-state index is 0.0324. The topological polar surface area (TPSA) is 78.7 Å². The highest BCUT2D eigenvalue weighted by molar-refractivity contribution is 5.98. The number of nitrogens with zero attached hydrogens (tertiary/aromatic N) is 3. The Morgan fingerprint density at radius 3 is 2.67 bits per heavy atom. The summed E-state index contributed by atoms with van der Waals surface area (Å²) in [6, 6.07) is 4.20. The number of hydrogen-bond acceptors (Lipinski definition) is 4. The van der Waals surface area contributed by atoms with E-state index in [1.165, 1.54) is 12.1 Å². The van der Waals surface area contributed by atoms with Gasteiger partial charge >= 0.3 is 6.03 Å². The van der Waals surface area contributed by atoms with Crippen LogP contribution in [-0.4, -0.2) is 29.1 Å². The monoisotopic (exact) mass is 246 g/mol. The van der Waals surface area contributed by atoms with E-state index in [2.05, 4.69) is 5.32 Å². The number of rotatable bonds is 1. The average Bonchev–Trinajstić information content (AvgIpc) is 2.38. The number of hydrogen-bond donors (Lipinski definition) is 1. The summed E-state index contributed by atoms with van der Waals surface area (Å²) in [6.07, 6.45) is 3.87. The van der Waals surface area contributed by atoms with Crippen LogP contribution in [0.25, 0.3) is 0 Å². The fraction of sp³-hybridized carbons (Fsp3) is 0.182. The number of benzene rings is 1. The van der Waals surface area contributed by atoms with Gasteiger partial charge in [-0.15, -0.1) is 0 Å². The summed E-state index contributed by atoms with van der Waals surface area (Å²) in [6.45, 7) is 1.08. The maximum atomic E-state index is 11.8. The van der Waals surface area contributed by atoms with Crippen LogP contribution in [0.15, 0.2) is 30.4 Å². The van der Waals surface area contributed by atoms with Crippen molar-refractivity contribution in [2.24, 2.45) is 0 Å². The average molecular weight is 246 g/mol. The summed E-state index contributed by atoms with van der Waals surface area (Å²) in [5.41, 5.74) is 1.21. The summed E-state index contributed by atoms with van der Waals surface area (Å²) in [5.74, 6) is 0. The number of anilines is 2. The van der Waals surface area contributed by atoms with Crippen molar-refractivity contribution in [2.75, 3.05) is 23.4 Å². The summed E-state index contributed by atoms with van der Waals surface area (Å²) < 4.78 is 0. The van der Waals surface area contributed by atoms with E-state index in [9.17, 15) is 14.9 Å². The van der Waals surface area contributed by atoms with Gasteiger partial charge in [-0.3, -0.25) is 15.1 Å². The molecular formula is C11H10N4O3. The van der Waals surface area contributed by atoms with Gasteiger partial charge in [0.2, 0.25) is 0 Å². The molecule has 0 spiro atoms. The van der Waals surface area contributed by atoms with Crippen molar-refractivity contribution in [2.45, 2.75) is 0 Å². The van der Waals surface area contributed by atoms with Gasteiger partial charge in [0, 0.05) is 12.1 Å². The van der Waals surface area contributed by atoms with Crippen molar-refractivity contribution in [3.8, 4) is 0 Å². The van der Waals surface area contributed by atoms with Crippen LogP contribution in [0.1, 0.15) is 0 Å². The number of carbonyl (C=O) groups excluding carboxylic acids is 1. The summed E-state index contributed by atoms with van der Waals surface area (Å²) in [5, 5.41) is 16.7. The van der Waals surface area contributed by atoms with Crippen molar-refractivity contribution >= 4 is 23.1 Å².